The Kier molecular flexibility index (Phi) is 29.0. The molecular weight excluding hydrogens is 903 g/mol. The van der Waals surface area contributed by atoms with E-state index in [4.69, 9.17) is 23.7 Å². The van der Waals surface area contributed by atoms with Gasteiger partial charge in [0.2, 0.25) is 5.91 Å². The number of unbranched alkanes of at least 4 members (excludes halogenated alkanes) is 16. The van der Waals surface area contributed by atoms with Crippen LogP contribution in [0.25, 0.3) is 0 Å². The van der Waals surface area contributed by atoms with E-state index in [0.717, 1.165) is 60.8 Å². The zero-order valence-electron chi connectivity index (χ0n) is 43.8. The van der Waals surface area contributed by atoms with Gasteiger partial charge in [0.05, 0.1) is 44.5 Å². The topological polar surface area (TPSA) is 133 Å². The minimum Gasteiger partial charge on any atom is -0.451 e. The number of aliphatic hydroxyl groups is 2. The van der Waals surface area contributed by atoms with Crippen molar-refractivity contribution in [3.63, 3.8) is 0 Å². The number of rotatable bonds is 38. The highest BCUT2D eigenvalue weighted by molar-refractivity contribution is 5.81. The highest BCUT2D eigenvalue weighted by Gasteiger charge is 2.50. The molecule has 0 spiro atoms. The molecule has 3 N–H and O–H groups in total. The standard InChI is InChI=1S/C62H89NO9/c1-3-5-7-9-11-13-15-17-31-41-53(69-47-49-33-23-19-24-34-49)43-44-68-60-57(63-56(65)45-54(70-48-50-35-25-20-26-36-50)42-32-18-16-14-12-10-8-6-4-2)61(71-55(46-64)58(60)66)62(67)72-59(51-37-27-21-28-38-51)52-39-29-22-30-40-52/h19-30,33-40,53-55,57-61,64,66H,3-18,31-32,41-48H2,1-2H3,(H,63,65)/t53-,54-,55-,57-,58-,60-,61+/m1/s1. The monoisotopic (exact) mass is 992 g/mol. The third-order valence-electron chi connectivity index (χ3n) is 14.0. The first-order valence-electron chi connectivity index (χ1n) is 27.9. The third-order valence-corrected chi connectivity index (χ3v) is 14.0. The van der Waals surface area contributed by atoms with Crippen LogP contribution in [-0.2, 0) is 46.5 Å². The van der Waals surface area contributed by atoms with Crippen LogP contribution in [0.5, 0.6) is 0 Å². The Morgan fingerprint density at radius 2 is 1.00 bits per heavy atom. The fourth-order valence-electron chi connectivity index (χ4n) is 9.71. The maximum Gasteiger partial charge on any atom is 0.338 e. The summed E-state index contributed by atoms with van der Waals surface area (Å²) in [5.74, 6) is -1.12. The van der Waals surface area contributed by atoms with Crippen LogP contribution in [0.1, 0.15) is 183 Å². The number of hydrogen-bond donors (Lipinski definition) is 3. The van der Waals surface area contributed by atoms with E-state index in [0.29, 0.717) is 26.1 Å². The summed E-state index contributed by atoms with van der Waals surface area (Å²) in [6.07, 6.45) is 17.3. The Morgan fingerprint density at radius 3 is 1.47 bits per heavy atom. The number of hydrogen-bond acceptors (Lipinski definition) is 9. The average molecular weight is 992 g/mol. The summed E-state index contributed by atoms with van der Waals surface area (Å²) in [5, 5.41) is 25.7. The lowest BCUT2D eigenvalue weighted by Gasteiger charge is -2.44. The second-order valence-corrected chi connectivity index (χ2v) is 19.9. The largest absolute Gasteiger partial charge is 0.451 e. The van der Waals surface area contributed by atoms with Gasteiger partial charge in [-0.1, -0.05) is 251 Å². The lowest BCUT2D eigenvalue weighted by atomic mass is 9.91. The number of benzene rings is 4. The van der Waals surface area contributed by atoms with Crippen molar-refractivity contribution in [2.24, 2.45) is 0 Å². The summed E-state index contributed by atoms with van der Waals surface area (Å²) >= 11 is 0. The quantitative estimate of drug-likeness (QED) is 0.0296. The summed E-state index contributed by atoms with van der Waals surface area (Å²) in [5.41, 5.74) is 3.60. The molecule has 10 nitrogen and oxygen atoms in total. The fourth-order valence-corrected chi connectivity index (χ4v) is 9.71. The van der Waals surface area contributed by atoms with Crippen molar-refractivity contribution in [1.29, 1.82) is 0 Å². The zero-order chi connectivity index (χ0) is 50.9. The summed E-state index contributed by atoms with van der Waals surface area (Å²) in [6, 6.07) is 37.8. The number of carbonyl (C=O) groups is 2. The number of ether oxygens (including phenoxy) is 5. The Hall–Kier alpha value is -4.42. The van der Waals surface area contributed by atoms with E-state index < -0.39 is 55.2 Å². The van der Waals surface area contributed by atoms with Gasteiger partial charge in [-0.2, -0.15) is 0 Å². The van der Waals surface area contributed by atoms with E-state index in [9.17, 15) is 19.8 Å². The molecule has 0 aromatic heterocycles. The Labute approximate surface area is 432 Å². The Morgan fingerprint density at radius 1 is 0.569 bits per heavy atom. The van der Waals surface area contributed by atoms with Crippen molar-refractivity contribution in [1.82, 2.24) is 5.32 Å². The molecule has 0 radical (unpaired) electrons. The van der Waals surface area contributed by atoms with E-state index in [-0.39, 0.29) is 25.0 Å². The van der Waals surface area contributed by atoms with E-state index in [1.54, 1.807) is 0 Å². The molecule has 1 aliphatic heterocycles. The van der Waals surface area contributed by atoms with Gasteiger partial charge in [-0.25, -0.2) is 4.79 Å². The van der Waals surface area contributed by atoms with Crippen LogP contribution in [0.3, 0.4) is 0 Å². The summed E-state index contributed by atoms with van der Waals surface area (Å²) in [4.78, 5) is 29.2. The molecule has 4 aromatic rings. The van der Waals surface area contributed by atoms with Crippen LogP contribution in [0.2, 0.25) is 0 Å². The van der Waals surface area contributed by atoms with Crippen LogP contribution >= 0.6 is 0 Å². The highest BCUT2D eigenvalue weighted by atomic mass is 16.6. The number of esters is 1. The van der Waals surface area contributed by atoms with E-state index in [1.807, 2.05) is 109 Å². The molecular formula is C62H89NO9. The SMILES string of the molecule is CCCCCCCCCCC[C@H](CCO[C@H]1[C@H](O)[C@@H](CO)O[C@H](C(=O)OC(c2ccccc2)c2ccccc2)[C@@H]1NC(=O)C[C@@H](CCCCCCCCCCC)OCc1ccccc1)OCc1ccccc1. The predicted molar refractivity (Wildman–Crippen MR) is 287 cm³/mol. The summed E-state index contributed by atoms with van der Waals surface area (Å²) in [7, 11) is 0. The predicted octanol–water partition coefficient (Wildman–Crippen LogP) is 13.1. The molecule has 0 unspecified atom stereocenters. The molecule has 1 heterocycles. The van der Waals surface area contributed by atoms with E-state index in [2.05, 4.69) is 31.3 Å². The van der Waals surface area contributed by atoms with Gasteiger partial charge >= 0.3 is 5.97 Å². The molecule has 72 heavy (non-hydrogen) atoms. The third kappa shape index (κ3) is 22.0. The van der Waals surface area contributed by atoms with Gasteiger partial charge in [-0.15, -0.1) is 0 Å². The first-order valence-corrected chi connectivity index (χ1v) is 27.9. The van der Waals surface area contributed by atoms with Gasteiger partial charge in [0.25, 0.3) is 0 Å². The molecule has 1 saturated heterocycles. The molecule has 1 aliphatic rings. The lowest BCUT2D eigenvalue weighted by Crippen LogP contribution is -2.67. The first kappa shape index (κ1) is 58.5. The molecule has 396 valence electrons. The summed E-state index contributed by atoms with van der Waals surface area (Å²) < 4.78 is 32.3. The van der Waals surface area contributed by atoms with Crippen molar-refractivity contribution in [3.05, 3.63) is 144 Å². The second kappa shape index (κ2) is 35.7. The average Bonchev–Trinajstić information content (AvgIpc) is 3.41. The lowest BCUT2D eigenvalue weighted by molar-refractivity contribution is -0.221. The van der Waals surface area contributed by atoms with Crippen molar-refractivity contribution in [3.8, 4) is 0 Å². The number of amides is 1. The number of nitrogens with one attached hydrogen (secondary N) is 1. The van der Waals surface area contributed by atoms with E-state index >= 15 is 0 Å². The maximum atomic E-state index is 14.7. The van der Waals surface area contributed by atoms with Crippen LogP contribution in [0.15, 0.2) is 121 Å². The Bertz CT molecular complexity index is 1930. The zero-order valence-corrected chi connectivity index (χ0v) is 43.8. The van der Waals surface area contributed by atoms with Gasteiger partial charge in [0.1, 0.15) is 18.3 Å². The molecule has 7 atom stereocenters. The number of aliphatic hydroxyl groups excluding tert-OH is 2. The molecule has 0 saturated carbocycles. The van der Waals surface area contributed by atoms with Gasteiger partial charge in [0.15, 0.2) is 12.2 Å². The van der Waals surface area contributed by atoms with Crippen molar-refractivity contribution < 1.29 is 43.5 Å². The van der Waals surface area contributed by atoms with Crippen LogP contribution in [-0.4, -0.2) is 78.0 Å². The summed E-state index contributed by atoms with van der Waals surface area (Å²) in [6.45, 7) is 4.88. The molecule has 5 rings (SSSR count). The Balaban J connectivity index is 1.34. The van der Waals surface area contributed by atoms with Gasteiger partial charge in [-0.05, 0) is 41.5 Å². The van der Waals surface area contributed by atoms with Gasteiger partial charge < -0.3 is 39.2 Å². The normalized spacial score (nSPS) is 18.7. The molecule has 1 amide bonds. The van der Waals surface area contributed by atoms with Gasteiger partial charge in [0, 0.05) is 6.61 Å². The van der Waals surface area contributed by atoms with Crippen LogP contribution in [0.4, 0.5) is 0 Å². The smallest absolute Gasteiger partial charge is 0.338 e. The molecule has 4 aromatic carbocycles. The molecule has 1 fully saturated rings. The molecule has 0 aliphatic carbocycles. The first-order chi connectivity index (χ1) is 35.4. The second-order valence-electron chi connectivity index (χ2n) is 19.9. The van der Waals surface area contributed by atoms with Crippen LogP contribution in [0, 0.1) is 0 Å². The molecule has 0 bridgehead atoms. The van der Waals surface area contributed by atoms with Crippen LogP contribution < -0.4 is 5.32 Å². The molecule has 10 heteroatoms. The van der Waals surface area contributed by atoms with E-state index in [1.165, 1.54) is 83.5 Å². The number of carbonyl (C=O) groups excluding carboxylic acids is 2. The van der Waals surface area contributed by atoms with Gasteiger partial charge in [-0.3, -0.25) is 4.79 Å². The minimum absolute atomic E-state index is 0.0269. The van der Waals surface area contributed by atoms with Crippen molar-refractivity contribution in [2.45, 2.75) is 217 Å². The van der Waals surface area contributed by atoms with Crippen molar-refractivity contribution in [2.75, 3.05) is 13.2 Å². The maximum absolute atomic E-state index is 14.7. The highest BCUT2D eigenvalue weighted by Crippen LogP contribution is 2.31. The fraction of sp³-hybridized carbons (Fsp3) is 0.581. The van der Waals surface area contributed by atoms with Crippen molar-refractivity contribution >= 4 is 11.9 Å². The minimum atomic E-state index is -1.43.